The highest BCUT2D eigenvalue weighted by Crippen LogP contribution is 2.22. The van der Waals surface area contributed by atoms with Gasteiger partial charge < -0.3 is 24.9 Å². The van der Waals surface area contributed by atoms with Crippen LogP contribution in [0.1, 0.15) is 0 Å². The molecule has 0 radical (unpaired) electrons. The third-order valence-corrected chi connectivity index (χ3v) is 13.0. The van der Waals surface area contributed by atoms with Gasteiger partial charge in [-0.1, -0.05) is 0 Å². The van der Waals surface area contributed by atoms with E-state index in [1.54, 1.807) is 89.4 Å². The first kappa shape index (κ1) is 38.2. The van der Waals surface area contributed by atoms with Crippen LogP contribution in [0.2, 0.25) is 0 Å². The van der Waals surface area contributed by atoms with Gasteiger partial charge in [0, 0.05) is 49.1 Å². The molecule has 0 aromatic carbocycles. The molecule has 0 saturated carbocycles. The largest absolute Gasteiger partial charge is 0.438 e. The van der Waals surface area contributed by atoms with Gasteiger partial charge in [0.15, 0.2) is 0 Å². The molecule has 37 heavy (non-hydrogen) atoms. The van der Waals surface area contributed by atoms with Crippen LogP contribution in [-0.4, -0.2) is 110 Å². The Kier molecular flexibility index (Phi) is 36.4. The molecule has 0 aromatic heterocycles. The molecule has 0 heterocycles. The van der Waals surface area contributed by atoms with E-state index in [1.165, 1.54) is 12.8 Å². The Labute approximate surface area is 258 Å². The standard InChI is InChI=1S/C18H35N3O7S9/c1-19-6-26-28-11-33-15-37-17-36-14-32-10-24-18(23)21-9-31-13-35-16-34-12-30-8-20-7-27-25-3-5-29-4-2-22/h6-7,22H,2-5,8-17H2,1H3,(H,21,23)/b19-6?,20-7+. The lowest BCUT2D eigenvalue weighted by Crippen LogP contribution is -2.23. The van der Waals surface area contributed by atoms with Crippen LogP contribution >= 0.6 is 106 Å². The number of carbonyl (C=O) groups is 1. The number of nitrogens with one attached hydrogen (secondary N) is 1. The van der Waals surface area contributed by atoms with Crippen LogP contribution in [-0.2, 0) is 24.3 Å². The fraction of sp³-hybridized carbons (Fsp3) is 0.833. The van der Waals surface area contributed by atoms with Crippen LogP contribution in [0, 0.1) is 0 Å². The number of rotatable bonds is 29. The normalized spacial score (nSPS) is 11.4. The van der Waals surface area contributed by atoms with Gasteiger partial charge in [0.05, 0.1) is 18.4 Å². The van der Waals surface area contributed by atoms with Crippen molar-refractivity contribution in [2.75, 3.05) is 85.9 Å². The lowest BCUT2D eigenvalue weighted by atomic mass is 10.9. The summed E-state index contributed by atoms with van der Waals surface area (Å²) in [5.41, 5.74) is 0. The number of ether oxygens (including phenoxy) is 1. The van der Waals surface area contributed by atoms with Crippen LogP contribution in [0.3, 0.4) is 0 Å². The molecule has 0 spiro atoms. The molecule has 0 atom stereocenters. The highest BCUT2D eigenvalue weighted by atomic mass is 32.3. The number of aliphatic imine (C=N–C) groups is 2. The van der Waals surface area contributed by atoms with E-state index in [4.69, 9.17) is 24.5 Å². The summed E-state index contributed by atoms with van der Waals surface area (Å²) in [6.07, 6.45) is 2.19. The van der Waals surface area contributed by atoms with Crippen LogP contribution in [0.5, 0.6) is 0 Å². The van der Waals surface area contributed by atoms with Gasteiger partial charge in [-0.05, 0) is 0 Å². The summed E-state index contributed by atoms with van der Waals surface area (Å²) >= 11 is 15.4. The number of aliphatic hydroxyl groups is 1. The van der Waals surface area contributed by atoms with Gasteiger partial charge in [0.2, 0.25) is 12.8 Å². The molecule has 0 saturated heterocycles. The highest BCUT2D eigenvalue weighted by molar-refractivity contribution is 8.26. The summed E-state index contributed by atoms with van der Waals surface area (Å²) in [6.45, 7) is 0.646. The maximum Gasteiger partial charge on any atom is 0.408 e. The molecular formula is C18H35N3O7S9. The first-order valence-electron chi connectivity index (χ1n) is 10.5. The van der Waals surface area contributed by atoms with Crippen LogP contribution in [0.25, 0.3) is 0 Å². The maximum atomic E-state index is 11.7. The van der Waals surface area contributed by atoms with Crippen LogP contribution < -0.4 is 5.32 Å². The number of hydrogen-bond donors (Lipinski definition) is 2. The number of thioether (sulfide) groups is 9. The number of carbonyl (C=O) groups excluding carboxylic acids is 1. The predicted octanol–water partition coefficient (Wildman–Crippen LogP) is 5.46. The Balaban J connectivity index is 3.19. The molecule has 0 rings (SSSR count). The zero-order valence-electron chi connectivity index (χ0n) is 20.5. The van der Waals surface area contributed by atoms with Crippen molar-refractivity contribution in [3.8, 4) is 0 Å². The summed E-state index contributed by atoms with van der Waals surface area (Å²) in [5.74, 6) is 3.46. The predicted molar refractivity (Wildman–Crippen MR) is 176 cm³/mol. The molecule has 1 amide bonds. The van der Waals surface area contributed by atoms with Crippen molar-refractivity contribution in [2.24, 2.45) is 9.98 Å². The first-order valence-corrected chi connectivity index (χ1v) is 20.9. The van der Waals surface area contributed by atoms with Gasteiger partial charge in [-0.2, -0.15) is 21.5 Å². The van der Waals surface area contributed by atoms with E-state index < -0.39 is 0 Å². The third-order valence-electron chi connectivity index (χ3n) is 2.84. The number of aliphatic hydroxyl groups excluding tert-OH is 1. The molecule has 10 nitrogen and oxygen atoms in total. The minimum atomic E-state index is -0.377. The topological polar surface area (TPSA) is 120 Å². The molecule has 2 N–H and O–H groups in total. The van der Waals surface area contributed by atoms with Gasteiger partial charge in [0.1, 0.15) is 18.5 Å². The lowest BCUT2D eigenvalue weighted by molar-refractivity contribution is -0.210. The number of nitrogens with zero attached hydrogens (tertiary/aromatic N) is 2. The molecule has 0 aliphatic rings. The van der Waals surface area contributed by atoms with Gasteiger partial charge in [-0.15, -0.1) is 94.1 Å². The van der Waals surface area contributed by atoms with E-state index in [2.05, 4.69) is 20.2 Å². The summed E-state index contributed by atoms with van der Waals surface area (Å²) in [6, 6.07) is 0. The number of amides is 1. The molecule has 0 aromatic rings. The van der Waals surface area contributed by atoms with Crippen molar-refractivity contribution >= 4 is 125 Å². The van der Waals surface area contributed by atoms with Gasteiger partial charge in [0.25, 0.3) is 0 Å². The minimum absolute atomic E-state index is 0.179. The van der Waals surface area contributed by atoms with Crippen molar-refractivity contribution in [2.45, 2.75) is 0 Å². The van der Waals surface area contributed by atoms with Crippen molar-refractivity contribution in [3.63, 3.8) is 0 Å². The molecular weight excluding hydrogens is 659 g/mol. The quantitative estimate of drug-likeness (QED) is 0.0257. The highest BCUT2D eigenvalue weighted by Gasteiger charge is 2.01. The van der Waals surface area contributed by atoms with Crippen molar-refractivity contribution in [1.29, 1.82) is 0 Å². The Morgan fingerprint density at radius 2 is 1.43 bits per heavy atom. The SMILES string of the molecule is CN=COOCSCSCSCSCOC(=O)NCSCSCSCSC/N=C/OOCCSCCO. The minimum Gasteiger partial charge on any atom is -0.438 e. The van der Waals surface area contributed by atoms with E-state index in [1.807, 2.05) is 23.5 Å². The van der Waals surface area contributed by atoms with Crippen LogP contribution in [0.4, 0.5) is 4.79 Å². The Morgan fingerprint density at radius 1 is 0.784 bits per heavy atom. The zero-order valence-corrected chi connectivity index (χ0v) is 27.9. The van der Waals surface area contributed by atoms with E-state index in [9.17, 15) is 4.79 Å². The average Bonchev–Trinajstić information content (AvgIpc) is 2.90. The van der Waals surface area contributed by atoms with Gasteiger partial charge in [-0.3, -0.25) is 4.99 Å². The summed E-state index contributed by atoms with van der Waals surface area (Å²) in [5, 5.41) is 17.0. The second-order valence-electron chi connectivity index (χ2n) is 5.58. The number of hydrogen-bond acceptors (Lipinski definition) is 18. The molecule has 0 aliphatic carbocycles. The second kappa shape index (κ2) is 35.3. The van der Waals surface area contributed by atoms with E-state index in [0.717, 1.165) is 36.3 Å². The van der Waals surface area contributed by atoms with E-state index in [-0.39, 0.29) is 12.7 Å². The van der Waals surface area contributed by atoms with Crippen LogP contribution in [0.15, 0.2) is 9.98 Å². The van der Waals surface area contributed by atoms with E-state index in [0.29, 0.717) is 36.0 Å². The second-order valence-corrected chi connectivity index (χ2v) is 16.7. The number of alkyl carbamates (subject to hydrolysis) is 1. The molecule has 218 valence electrons. The third kappa shape index (κ3) is 35.2. The fourth-order valence-corrected chi connectivity index (χ4v) is 10.2. The average molecular weight is 694 g/mol. The maximum absolute atomic E-state index is 11.7. The molecule has 0 aliphatic heterocycles. The summed E-state index contributed by atoms with van der Waals surface area (Å²) < 4.78 is 5.15. The Hall–Kier alpha value is 1.24. The first-order chi connectivity index (χ1) is 18.3. The molecule has 0 fully saturated rings. The molecule has 0 bridgehead atoms. The zero-order chi connectivity index (χ0) is 26.9. The van der Waals surface area contributed by atoms with E-state index >= 15 is 0 Å². The van der Waals surface area contributed by atoms with Crippen molar-refractivity contribution in [1.82, 2.24) is 5.32 Å². The van der Waals surface area contributed by atoms with Gasteiger partial charge in [-0.25, -0.2) is 9.79 Å². The molecule has 0 unspecified atom stereocenters. The monoisotopic (exact) mass is 693 g/mol. The lowest BCUT2D eigenvalue weighted by Gasteiger charge is -2.07. The van der Waals surface area contributed by atoms with Crippen molar-refractivity contribution < 1.29 is 34.2 Å². The smallest absolute Gasteiger partial charge is 0.408 e. The van der Waals surface area contributed by atoms with Gasteiger partial charge >= 0.3 is 6.09 Å². The summed E-state index contributed by atoms with van der Waals surface area (Å²) in [4.78, 5) is 38.7. The summed E-state index contributed by atoms with van der Waals surface area (Å²) in [7, 11) is 1.61. The van der Waals surface area contributed by atoms with Crippen molar-refractivity contribution in [3.05, 3.63) is 0 Å². The Bertz CT molecular complexity index is 547. The fourth-order valence-electron chi connectivity index (χ4n) is 1.48. The molecule has 19 heteroatoms. The Morgan fingerprint density at radius 3 is 2.16 bits per heavy atom.